The number of allylic oxidation sites excluding steroid dienone is 1. The van der Waals surface area contributed by atoms with Crippen LogP contribution in [0.2, 0.25) is 0 Å². The van der Waals surface area contributed by atoms with Crippen molar-refractivity contribution in [2.45, 2.75) is 77.4 Å². The lowest BCUT2D eigenvalue weighted by molar-refractivity contribution is -0.149. The summed E-state index contributed by atoms with van der Waals surface area (Å²) in [7, 11) is 0. The van der Waals surface area contributed by atoms with Gasteiger partial charge in [-0.2, -0.15) is 0 Å². The highest BCUT2D eigenvalue weighted by Gasteiger charge is 2.50. The van der Waals surface area contributed by atoms with Gasteiger partial charge in [-0.1, -0.05) is 38.7 Å². The van der Waals surface area contributed by atoms with Gasteiger partial charge in [0, 0.05) is 31.6 Å². The quantitative estimate of drug-likeness (QED) is 0.367. The van der Waals surface area contributed by atoms with Crippen LogP contribution in [0.25, 0.3) is 0 Å². The number of hydrogen-bond acceptors (Lipinski definition) is 5. The Kier molecular flexibility index (Phi) is 7.00. The van der Waals surface area contributed by atoms with Crippen LogP contribution in [0.1, 0.15) is 65.2 Å². The number of carbonyl (C=O) groups is 3. The summed E-state index contributed by atoms with van der Waals surface area (Å²) in [5.74, 6) is -0.550. The van der Waals surface area contributed by atoms with Gasteiger partial charge in [0.25, 0.3) is 0 Å². The van der Waals surface area contributed by atoms with Gasteiger partial charge in [-0.3, -0.25) is 14.4 Å². The predicted octanol–water partition coefficient (Wildman–Crippen LogP) is 3.36. The largest absolute Gasteiger partial charge is 0.462 e. The second-order valence-electron chi connectivity index (χ2n) is 6.85. The summed E-state index contributed by atoms with van der Waals surface area (Å²) in [6.07, 6.45) is 9.92. The molecule has 5 nitrogen and oxygen atoms in total. The van der Waals surface area contributed by atoms with E-state index in [2.05, 4.69) is 6.92 Å². The molecule has 134 valence electrons. The van der Waals surface area contributed by atoms with Crippen molar-refractivity contribution in [2.24, 2.45) is 11.8 Å². The molecule has 0 bridgehead atoms. The molecule has 0 aromatic rings. The Morgan fingerprint density at radius 2 is 2.00 bits per heavy atom. The van der Waals surface area contributed by atoms with Crippen LogP contribution in [0.15, 0.2) is 12.2 Å². The summed E-state index contributed by atoms with van der Waals surface area (Å²) in [6.45, 7) is 3.54. The van der Waals surface area contributed by atoms with Gasteiger partial charge in [0.05, 0.1) is 6.42 Å². The molecule has 1 aliphatic carbocycles. The molecule has 5 heteroatoms. The van der Waals surface area contributed by atoms with Crippen LogP contribution < -0.4 is 0 Å². The summed E-state index contributed by atoms with van der Waals surface area (Å²) in [5, 5.41) is 0. The fourth-order valence-electron chi connectivity index (χ4n) is 3.71. The van der Waals surface area contributed by atoms with E-state index in [-0.39, 0.29) is 41.8 Å². The normalized spacial score (nSPS) is 28.8. The fraction of sp³-hybridized carbons (Fsp3) is 0.737. The third-order valence-corrected chi connectivity index (χ3v) is 4.90. The highest BCUT2D eigenvalue weighted by molar-refractivity contribution is 5.89. The number of ketones is 1. The molecular weight excluding hydrogens is 308 g/mol. The molecule has 0 amide bonds. The van der Waals surface area contributed by atoms with Crippen LogP contribution in [0.4, 0.5) is 0 Å². The topological polar surface area (TPSA) is 69.7 Å². The van der Waals surface area contributed by atoms with Gasteiger partial charge in [-0.05, 0) is 12.5 Å². The standard InChI is InChI=1S/C19H28O5/c1-3-4-5-6-7-8-14(21)9-10-15-16-11-19(22)24-18(16)12-17(15)23-13(2)20/h9-10,15-18H,3-8,11-12H2,1-2H3/b10-9+/t15-,16-,17-,18?/m1/s1. The number of unbranched alkanes of at least 4 members (excludes halogenated alkanes) is 4. The van der Waals surface area contributed by atoms with Crippen LogP contribution in [-0.4, -0.2) is 29.9 Å². The van der Waals surface area contributed by atoms with E-state index in [0.29, 0.717) is 19.3 Å². The molecule has 0 aromatic carbocycles. The van der Waals surface area contributed by atoms with Crippen LogP contribution in [0.3, 0.4) is 0 Å². The average Bonchev–Trinajstić information content (AvgIpc) is 3.00. The maximum Gasteiger partial charge on any atom is 0.306 e. The molecule has 4 atom stereocenters. The van der Waals surface area contributed by atoms with Crippen LogP contribution in [0, 0.1) is 11.8 Å². The lowest BCUT2D eigenvalue weighted by Crippen LogP contribution is -2.23. The van der Waals surface area contributed by atoms with E-state index in [1.807, 2.05) is 6.08 Å². The van der Waals surface area contributed by atoms with Gasteiger partial charge in [0.1, 0.15) is 12.2 Å². The van der Waals surface area contributed by atoms with Gasteiger partial charge < -0.3 is 9.47 Å². The second kappa shape index (κ2) is 9.00. The molecule has 1 saturated carbocycles. The van der Waals surface area contributed by atoms with E-state index < -0.39 is 0 Å². The van der Waals surface area contributed by atoms with Crippen molar-refractivity contribution in [3.05, 3.63) is 12.2 Å². The molecule has 2 rings (SSSR count). The zero-order valence-electron chi connectivity index (χ0n) is 14.7. The molecule has 0 aromatic heterocycles. The van der Waals surface area contributed by atoms with E-state index in [0.717, 1.165) is 12.8 Å². The molecule has 24 heavy (non-hydrogen) atoms. The van der Waals surface area contributed by atoms with Crippen molar-refractivity contribution in [2.75, 3.05) is 0 Å². The number of carbonyl (C=O) groups excluding carboxylic acids is 3. The first kappa shape index (κ1) is 18.7. The Labute approximate surface area is 143 Å². The molecule has 0 spiro atoms. The smallest absolute Gasteiger partial charge is 0.306 e. The van der Waals surface area contributed by atoms with E-state index in [1.165, 1.54) is 26.2 Å². The number of fused-ring (bicyclic) bond motifs is 1. The molecule has 0 radical (unpaired) electrons. The molecule has 2 fully saturated rings. The van der Waals surface area contributed by atoms with Crippen LogP contribution >= 0.6 is 0 Å². The molecule has 1 unspecified atom stereocenters. The molecule has 1 aliphatic heterocycles. The molecule has 0 N–H and O–H groups in total. The summed E-state index contributed by atoms with van der Waals surface area (Å²) < 4.78 is 10.6. The molecule has 1 saturated heterocycles. The summed E-state index contributed by atoms with van der Waals surface area (Å²) in [4.78, 5) is 34.8. The zero-order valence-corrected chi connectivity index (χ0v) is 14.7. The van der Waals surface area contributed by atoms with Crippen molar-refractivity contribution in [1.29, 1.82) is 0 Å². The maximum absolute atomic E-state index is 12.0. The van der Waals surface area contributed by atoms with Gasteiger partial charge >= 0.3 is 11.9 Å². The Hall–Kier alpha value is -1.65. The number of ether oxygens (including phenoxy) is 2. The monoisotopic (exact) mass is 336 g/mol. The van der Waals surface area contributed by atoms with Crippen LogP contribution in [0.5, 0.6) is 0 Å². The van der Waals surface area contributed by atoms with E-state index >= 15 is 0 Å². The second-order valence-corrected chi connectivity index (χ2v) is 6.85. The minimum Gasteiger partial charge on any atom is -0.462 e. The molecular formula is C19H28O5. The van der Waals surface area contributed by atoms with Gasteiger partial charge in [-0.25, -0.2) is 0 Å². The Morgan fingerprint density at radius 3 is 2.71 bits per heavy atom. The third kappa shape index (κ3) is 5.18. The molecule has 2 aliphatic rings. The summed E-state index contributed by atoms with van der Waals surface area (Å²) in [6, 6.07) is 0. The minimum atomic E-state index is -0.341. The van der Waals surface area contributed by atoms with Crippen molar-refractivity contribution >= 4 is 17.7 Å². The Balaban J connectivity index is 1.87. The van der Waals surface area contributed by atoms with Crippen LogP contribution in [-0.2, 0) is 23.9 Å². The van der Waals surface area contributed by atoms with Gasteiger partial charge in [0.15, 0.2) is 5.78 Å². The number of esters is 2. The number of rotatable bonds is 9. The maximum atomic E-state index is 12.0. The van der Waals surface area contributed by atoms with Gasteiger partial charge in [0.2, 0.25) is 0 Å². The fourth-order valence-corrected chi connectivity index (χ4v) is 3.71. The van der Waals surface area contributed by atoms with E-state index in [4.69, 9.17) is 9.47 Å². The lowest BCUT2D eigenvalue weighted by Gasteiger charge is -2.19. The average molecular weight is 336 g/mol. The third-order valence-electron chi connectivity index (χ3n) is 4.90. The van der Waals surface area contributed by atoms with Crippen molar-refractivity contribution in [1.82, 2.24) is 0 Å². The van der Waals surface area contributed by atoms with Crippen molar-refractivity contribution in [3.8, 4) is 0 Å². The lowest BCUT2D eigenvalue weighted by atomic mass is 9.91. The Morgan fingerprint density at radius 1 is 1.25 bits per heavy atom. The Bertz CT molecular complexity index is 496. The van der Waals surface area contributed by atoms with E-state index in [1.54, 1.807) is 6.08 Å². The first-order chi connectivity index (χ1) is 11.5. The highest BCUT2D eigenvalue weighted by Crippen LogP contribution is 2.43. The van der Waals surface area contributed by atoms with Gasteiger partial charge in [-0.15, -0.1) is 0 Å². The van der Waals surface area contributed by atoms with Crippen molar-refractivity contribution in [3.63, 3.8) is 0 Å². The predicted molar refractivity (Wildman–Crippen MR) is 89.2 cm³/mol. The minimum absolute atomic E-state index is 0.00968. The molecule has 1 heterocycles. The van der Waals surface area contributed by atoms with Crippen molar-refractivity contribution < 1.29 is 23.9 Å². The SMILES string of the molecule is CCCCCCCC(=O)/C=C/[C@H]1[C@H](OC(C)=O)CC2OC(=O)C[C@@H]21. The first-order valence-corrected chi connectivity index (χ1v) is 9.09. The van der Waals surface area contributed by atoms with E-state index in [9.17, 15) is 14.4 Å². The summed E-state index contributed by atoms with van der Waals surface area (Å²) in [5.41, 5.74) is 0. The highest BCUT2D eigenvalue weighted by atomic mass is 16.6. The summed E-state index contributed by atoms with van der Waals surface area (Å²) >= 11 is 0. The zero-order chi connectivity index (χ0) is 17.5. The number of hydrogen-bond donors (Lipinski definition) is 0. The first-order valence-electron chi connectivity index (χ1n) is 9.09.